The van der Waals surface area contributed by atoms with Crippen molar-refractivity contribution in [1.82, 2.24) is 14.8 Å². The molecule has 0 aliphatic heterocycles. The lowest BCUT2D eigenvalue weighted by Crippen LogP contribution is -2.19. The number of benzene rings is 1. The molecule has 0 unspecified atom stereocenters. The molecule has 0 saturated heterocycles. The Morgan fingerprint density at radius 3 is 2.69 bits per heavy atom. The first-order valence-electron chi connectivity index (χ1n) is 8.35. The smallest absolute Gasteiger partial charge is 0.324 e. The largest absolute Gasteiger partial charge is 0.439 e. The van der Waals surface area contributed by atoms with E-state index < -0.39 is 0 Å². The van der Waals surface area contributed by atoms with Gasteiger partial charge in [0.2, 0.25) is 5.88 Å². The van der Waals surface area contributed by atoms with Gasteiger partial charge in [0.1, 0.15) is 5.75 Å². The molecule has 0 radical (unpaired) electrons. The van der Waals surface area contributed by atoms with Gasteiger partial charge in [0, 0.05) is 24.9 Å². The van der Waals surface area contributed by atoms with Gasteiger partial charge in [-0.15, -0.1) is 0 Å². The number of anilines is 2. The zero-order chi connectivity index (χ0) is 18.5. The van der Waals surface area contributed by atoms with Gasteiger partial charge in [-0.2, -0.15) is 5.10 Å². The normalized spacial score (nSPS) is 10.4. The quantitative estimate of drug-likeness (QED) is 0.724. The van der Waals surface area contributed by atoms with Crippen LogP contribution in [0.25, 0.3) is 0 Å². The topological polar surface area (TPSA) is 81.1 Å². The average molecular weight is 351 g/mol. The number of nitrogens with one attached hydrogen (secondary N) is 2. The van der Waals surface area contributed by atoms with Crippen LogP contribution in [0.2, 0.25) is 0 Å². The lowest BCUT2D eigenvalue weighted by atomic mass is 10.2. The lowest BCUT2D eigenvalue weighted by molar-refractivity contribution is 0.262. The summed E-state index contributed by atoms with van der Waals surface area (Å²) in [4.78, 5) is 16.2. The molecule has 134 valence electrons. The van der Waals surface area contributed by atoms with Crippen molar-refractivity contribution >= 4 is 17.5 Å². The second-order valence-electron chi connectivity index (χ2n) is 5.86. The van der Waals surface area contributed by atoms with Crippen molar-refractivity contribution in [2.75, 3.05) is 10.6 Å². The van der Waals surface area contributed by atoms with Gasteiger partial charge in [0.05, 0.1) is 11.9 Å². The van der Waals surface area contributed by atoms with Crippen LogP contribution in [0.5, 0.6) is 11.6 Å². The molecule has 7 heteroatoms. The minimum absolute atomic E-state index is 0.380. The van der Waals surface area contributed by atoms with Crippen molar-refractivity contribution in [1.29, 1.82) is 0 Å². The van der Waals surface area contributed by atoms with Gasteiger partial charge < -0.3 is 10.1 Å². The van der Waals surface area contributed by atoms with Crippen molar-refractivity contribution in [2.24, 2.45) is 7.05 Å². The van der Waals surface area contributed by atoms with Gasteiger partial charge in [0.25, 0.3) is 0 Å². The highest BCUT2D eigenvalue weighted by Gasteiger charge is 2.07. The zero-order valence-electron chi connectivity index (χ0n) is 15.0. The second kappa shape index (κ2) is 7.69. The van der Waals surface area contributed by atoms with Crippen LogP contribution in [-0.2, 0) is 13.5 Å². The molecular weight excluding hydrogens is 330 g/mol. The zero-order valence-corrected chi connectivity index (χ0v) is 15.0. The molecule has 0 fully saturated rings. The Labute approximate surface area is 152 Å². The Morgan fingerprint density at radius 2 is 2.04 bits per heavy atom. The number of aromatic nitrogens is 3. The highest BCUT2D eigenvalue weighted by Crippen LogP contribution is 2.21. The van der Waals surface area contributed by atoms with Crippen LogP contribution >= 0.6 is 0 Å². The van der Waals surface area contributed by atoms with Gasteiger partial charge >= 0.3 is 6.03 Å². The number of hydrogen-bond donors (Lipinski definition) is 2. The van der Waals surface area contributed by atoms with Gasteiger partial charge in [-0.3, -0.25) is 10.00 Å². The van der Waals surface area contributed by atoms with E-state index in [1.807, 2.05) is 32.2 Å². The number of carbonyl (C=O) groups is 1. The molecule has 7 nitrogen and oxygen atoms in total. The molecule has 1 aromatic carbocycles. The van der Waals surface area contributed by atoms with Crippen molar-refractivity contribution in [3.8, 4) is 11.6 Å². The van der Waals surface area contributed by atoms with Gasteiger partial charge in [-0.25, -0.2) is 9.78 Å². The third-order valence-corrected chi connectivity index (χ3v) is 3.88. The molecule has 0 aliphatic carbocycles. The highest BCUT2D eigenvalue weighted by atomic mass is 16.5. The maximum atomic E-state index is 12.0. The van der Waals surface area contributed by atoms with E-state index in [0.717, 1.165) is 17.9 Å². The Hall–Kier alpha value is -3.35. The number of ether oxygens (including phenoxy) is 1. The minimum atomic E-state index is -0.380. The molecule has 3 rings (SSSR count). The van der Waals surface area contributed by atoms with E-state index in [0.29, 0.717) is 17.4 Å². The summed E-state index contributed by atoms with van der Waals surface area (Å²) in [5.41, 5.74) is 2.71. The lowest BCUT2D eigenvalue weighted by Gasteiger charge is -2.08. The van der Waals surface area contributed by atoms with Crippen LogP contribution in [0.3, 0.4) is 0 Å². The van der Waals surface area contributed by atoms with Crippen molar-refractivity contribution in [2.45, 2.75) is 20.3 Å². The number of nitrogens with zero attached hydrogens (tertiary/aromatic N) is 3. The summed E-state index contributed by atoms with van der Waals surface area (Å²) in [6.45, 7) is 4.00. The maximum absolute atomic E-state index is 12.0. The summed E-state index contributed by atoms with van der Waals surface area (Å²) in [6, 6.07) is 12.7. The third kappa shape index (κ3) is 4.38. The van der Waals surface area contributed by atoms with Crippen molar-refractivity contribution in [3.05, 3.63) is 59.9 Å². The number of amides is 2. The molecule has 2 N–H and O–H groups in total. The standard InChI is InChI=1S/C19H21N5O2/c1-4-14-6-5-7-16(11-14)26-18-9-8-15(12-20-18)21-19(25)22-17-10-13(2)24(3)23-17/h5-12H,4H2,1-3H3,(H2,21,22,23,25). The first kappa shape index (κ1) is 17.5. The van der Waals surface area contributed by atoms with Crippen LogP contribution in [-0.4, -0.2) is 20.8 Å². The number of hydrogen-bond acceptors (Lipinski definition) is 4. The molecule has 2 amide bonds. The first-order valence-corrected chi connectivity index (χ1v) is 8.35. The number of aryl methyl sites for hydroxylation is 3. The molecule has 0 aliphatic rings. The van der Waals surface area contributed by atoms with E-state index in [9.17, 15) is 4.79 Å². The summed E-state index contributed by atoms with van der Waals surface area (Å²) in [6.07, 6.45) is 2.49. The number of pyridine rings is 1. The molecular formula is C19H21N5O2. The van der Waals surface area contributed by atoms with Crippen LogP contribution in [0, 0.1) is 6.92 Å². The Balaban J connectivity index is 1.59. The summed E-state index contributed by atoms with van der Waals surface area (Å²) >= 11 is 0. The molecule has 3 aromatic rings. The molecule has 0 atom stereocenters. The van der Waals surface area contributed by atoms with Crippen LogP contribution in [0.1, 0.15) is 18.2 Å². The van der Waals surface area contributed by atoms with E-state index in [4.69, 9.17) is 4.74 Å². The monoisotopic (exact) mass is 351 g/mol. The third-order valence-electron chi connectivity index (χ3n) is 3.88. The maximum Gasteiger partial charge on any atom is 0.324 e. The molecule has 26 heavy (non-hydrogen) atoms. The molecule has 2 heterocycles. The molecule has 2 aromatic heterocycles. The molecule has 0 spiro atoms. The second-order valence-corrected chi connectivity index (χ2v) is 5.86. The number of urea groups is 1. The van der Waals surface area contributed by atoms with E-state index in [2.05, 4.69) is 33.7 Å². The Morgan fingerprint density at radius 1 is 1.19 bits per heavy atom. The predicted molar refractivity (Wildman–Crippen MR) is 101 cm³/mol. The van der Waals surface area contributed by atoms with Gasteiger partial charge in [-0.05, 0) is 37.1 Å². The fourth-order valence-corrected chi connectivity index (χ4v) is 2.36. The van der Waals surface area contributed by atoms with Crippen molar-refractivity contribution in [3.63, 3.8) is 0 Å². The minimum Gasteiger partial charge on any atom is -0.439 e. The summed E-state index contributed by atoms with van der Waals surface area (Å²) in [7, 11) is 1.82. The van der Waals surface area contributed by atoms with E-state index in [1.54, 1.807) is 29.1 Å². The van der Waals surface area contributed by atoms with Gasteiger partial charge in [0.15, 0.2) is 5.82 Å². The van der Waals surface area contributed by atoms with Gasteiger partial charge in [-0.1, -0.05) is 19.1 Å². The van der Waals surface area contributed by atoms with Crippen molar-refractivity contribution < 1.29 is 9.53 Å². The fraction of sp³-hybridized carbons (Fsp3) is 0.211. The van der Waals surface area contributed by atoms with E-state index >= 15 is 0 Å². The Kier molecular flexibility index (Phi) is 5.17. The summed E-state index contributed by atoms with van der Waals surface area (Å²) in [5.74, 6) is 1.69. The molecule has 0 bridgehead atoms. The highest BCUT2D eigenvalue weighted by molar-refractivity contribution is 5.99. The first-order chi connectivity index (χ1) is 12.5. The predicted octanol–water partition coefficient (Wildman–Crippen LogP) is 4.12. The van der Waals surface area contributed by atoms with Crippen LogP contribution in [0.15, 0.2) is 48.7 Å². The molecule has 0 saturated carbocycles. The summed E-state index contributed by atoms with van der Waals surface area (Å²) < 4.78 is 7.43. The van der Waals surface area contributed by atoms with Crippen LogP contribution in [0.4, 0.5) is 16.3 Å². The van der Waals surface area contributed by atoms with E-state index in [1.165, 1.54) is 5.56 Å². The number of rotatable bonds is 5. The van der Waals surface area contributed by atoms with Crippen LogP contribution < -0.4 is 15.4 Å². The van der Waals surface area contributed by atoms with E-state index in [-0.39, 0.29) is 6.03 Å². The average Bonchev–Trinajstić information content (AvgIpc) is 2.94. The number of carbonyl (C=O) groups excluding carboxylic acids is 1. The summed E-state index contributed by atoms with van der Waals surface area (Å²) in [5, 5.41) is 9.57. The fourth-order valence-electron chi connectivity index (χ4n) is 2.36. The SMILES string of the molecule is CCc1cccc(Oc2ccc(NC(=O)Nc3cc(C)n(C)n3)cn2)c1. The Bertz CT molecular complexity index is 883.